The van der Waals surface area contributed by atoms with Crippen molar-refractivity contribution in [2.24, 2.45) is 5.92 Å². The van der Waals surface area contributed by atoms with Crippen molar-refractivity contribution in [3.63, 3.8) is 0 Å². The minimum Gasteiger partial charge on any atom is -0.496 e. The van der Waals surface area contributed by atoms with Crippen molar-refractivity contribution in [1.82, 2.24) is 15.6 Å². The molecule has 1 saturated carbocycles. The summed E-state index contributed by atoms with van der Waals surface area (Å²) >= 11 is 0. The van der Waals surface area contributed by atoms with Crippen LogP contribution in [0.1, 0.15) is 28.9 Å². The van der Waals surface area contributed by atoms with Gasteiger partial charge in [0.1, 0.15) is 11.6 Å². The van der Waals surface area contributed by atoms with Gasteiger partial charge in [0.25, 0.3) is 5.91 Å². The molecule has 0 bridgehead atoms. The number of methoxy groups -OCH3 is 1. The van der Waals surface area contributed by atoms with E-state index in [2.05, 4.69) is 15.6 Å². The number of aliphatic hydroxyl groups is 1. The van der Waals surface area contributed by atoms with Crippen LogP contribution in [0.5, 0.6) is 5.75 Å². The predicted octanol–water partition coefficient (Wildman–Crippen LogP) is 1.46. The number of aliphatic hydroxyl groups excluding tert-OH is 1. The number of hydrogen-bond donors (Lipinski definition) is 3. The maximum atomic E-state index is 13.5. The molecule has 1 aromatic heterocycles. The fourth-order valence-corrected chi connectivity index (χ4v) is 3.49. The molecular formula is C21H24FN3O4. The van der Waals surface area contributed by atoms with Gasteiger partial charge in [0.2, 0.25) is 5.91 Å². The van der Waals surface area contributed by atoms with E-state index in [1.807, 2.05) is 18.2 Å². The maximum Gasteiger partial charge on any atom is 0.255 e. The van der Waals surface area contributed by atoms with Gasteiger partial charge < -0.3 is 20.5 Å². The molecule has 8 heteroatoms. The minimum absolute atomic E-state index is 0.0444. The summed E-state index contributed by atoms with van der Waals surface area (Å²) in [5.41, 5.74) is 0.927. The second kappa shape index (κ2) is 9.47. The Bertz CT molecular complexity index is 862. The normalized spacial score (nSPS) is 20.9. The van der Waals surface area contributed by atoms with Crippen LogP contribution in [0.25, 0.3) is 0 Å². The van der Waals surface area contributed by atoms with Crippen LogP contribution in [-0.4, -0.2) is 47.7 Å². The van der Waals surface area contributed by atoms with Crippen molar-refractivity contribution >= 4 is 11.8 Å². The first-order chi connectivity index (χ1) is 14.0. The highest BCUT2D eigenvalue weighted by Crippen LogP contribution is 2.27. The number of halogens is 1. The molecule has 1 fully saturated rings. The average Bonchev–Trinajstić information content (AvgIpc) is 3.09. The molecule has 0 radical (unpaired) electrons. The second-order valence-corrected chi connectivity index (χ2v) is 7.02. The van der Waals surface area contributed by atoms with Crippen LogP contribution >= 0.6 is 0 Å². The number of pyridine rings is 1. The summed E-state index contributed by atoms with van der Waals surface area (Å²) in [6.45, 7) is 0.444. The van der Waals surface area contributed by atoms with Gasteiger partial charge in [-0.15, -0.1) is 0 Å². The third-order valence-corrected chi connectivity index (χ3v) is 5.03. The second-order valence-electron chi connectivity index (χ2n) is 7.02. The molecule has 0 aliphatic heterocycles. The Morgan fingerprint density at radius 3 is 2.83 bits per heavy atom. The Balaban J connectivity index is 1.53. The van der Waals surface area contributed by atoms with Gasteiger partial charge in [0, 0.05) is 30.8 Å². The van der Waals surface area contributed by atoms with E-state index in [9.17, 15) is 19.1 Å². The van der Waals surface area contributed by atoms with E-state index in [1.54, 1.807) is 6.20 Å². The maximum absolute atomic E-state index is 13.5. The number of amides is 2. The van der Waals surface area contributed by atoms with Crippen LogP contribution in [0.15, 0.2) is 42.6 Å². The zero-order chi connectivity index (χ0) is 20.8. The van der Waals surface area contributed by atoms with E-state index in [4.69, 9.17) is 4.74 Å². The molecule has 1 aliphatic rings. The predicted molar refractivity (Wildman–Crippen MR) is 104 cm³/mol. The highest BCUT2D eigenvalue weighted by atomic mass is 19.1. The topological polar surface area (TPSA) is 101 Å². The standard InChI is InChI=1S/C21H24FN3O4/c1-29-19-6-5-14(22)12-16(19)21(28)25-17-10-13(11-18(17)26)20(27)24-9-7-15-4-2-3-8-23-15/h2-6,8,12-13,17-18,26H,7,9-11H2,1H3,(H,24,27)(H,25,28)/t13-,17-,18-/m0/s1. The number of nitrogens with one attached hydrogen (secondary N) is 2. The number of aromatic nitrogens is 1. The van der Waals surface area contributed by atoms with Crippen LogP contribution in [0.2, 0.25) is 0 Å². The lowest BCUT2D eigenvalue weighted by Gasteiger charge is -2.17. The lowest BCUT2D eigenvalue weighted by Crippen LogP contribution is -2.40. The highest BCUT2D eigenvalue weighted by molar-refractivity contribution is 5.97. The van der Waals surface area contributed by atoms with Gasteiger partial charge in [-0.05, 0) is 43.2 Å². The summed E-state index contributed by atoms with van der Waals surface area (Å²) < 4.78 is 18.6. The van der Waals surface area contributed by atoms with E-state index in [-0.39, 0.29) is 23.6 Å². The van der Waals surface area contributed by atoms with Crippen LogP contribution in [0.4, 0.5) is 4.39 Å². The molecule has 0 saturated heterocycles. The molecule has 154 valence electrons. The van der Waals surface area contributed by atoms with Gasteiger partial charge in [-0.3, -0.25) is 14.6 Å². The molecule has 1 heterocycles. The number of benzene rings is 1. The van der Waals surface area contributed by atoms with Crippen molar-refractivity contribution < 1.29 is 23.8 Å². The summed E-state index contributed by atoms with van der Waals surface area (Å²) in [5.74, 6) is -1.46. The fourth-order valence-electron chi connectivity index (χ4n) is 3.49. The SMILES string of the molecule is COc1ccc(F)cc1C(=O)N[C@H]1C[C@H](C(=O)NCCc2ccccn2)C[C@@H]1O. The summed E-state index contributed by atoms with van der Waals surface area (Å²) in [5, 5.41) is 15.8. The van der Waals surface area contributed by atoms with Crippen molar-refractivity contribution in [1.29, 1.82) is 0 Å². The first-order valence-corrected chi connectivity index (χ1v) is 9.48. The Morgan fingerprint density at radius 2 is 2.10 bits per heavy atom. The Morgan fingerprint density at radius 1 is 1.28 bits per heavy atom. The number of carbonyl (C=O) groups is 2. The van der Waals surface area contributed by atoms with Gasteiger partial charge >= 0.3 is 0 Å². The summed E-state index contributed by atoms with van der Waals surface area (Å²) in [7, 11) is 1.39. The molecule has 3 N–H and O–H groups in total. The summed E-state index contributed by atoms with van der Waals surface area (Å²) in [6, 6.07) is 8.66. The molecule has 1 aromatic carbocycles. The van der Waals surface area contributed by atoms with Crippen LogP contribution in [-0.2, 0) is 11.2 Å². The van der Waals surface area contributed by atoms with E-state index >= 15 is 0 Å². The molecule has 1 aliphatic carbocycles. The Hall–Kier alpha value is -3.00. The van der Waals surface area contributed by atoms with Gasteiger partial charge in [0.05, 0.1) is 24.8 Å². The molecule has 3 atom stereocenters. The first-order valence-electron chi connectivity index (χ1n) is 9.48. The smallest absolute Gasteiger partial charge is 0.255 e. The van der Waals surface area contributed by atoms with Crippen molar-refractivity contribution in [2.45, 2.75) is 31.4 Å². The largest absolute Gasteiger partial charge is 0.496 e. The third kappa shape index (κ3) is 5.29. The number of rotatable bonds is 7. The van der Waals surface area contributed by atoms with Gasteiger partial charge in [-0.1, -0.05) is 6.07 Å². The number of carbonyl (C=O) groups excluding carboxylic acids is 2. The lowest BCUT2D eigenvalue weighted by molar-refractivity contribution is -0.125. The Labute approximate surface area is 168 Å². The first kappa shape index (κ1) is 20.7. The summed E-state index contributed by atoms with van der Waals surface area (Å²) in [4.78, 5) is 29.1. The van der Waals surface area contributed by atoms with E-state index in [0.29, 0.717) is 19.4 Å². The van der Waals surface area contributed by atoms with E-state index in [0.717, 1.165) is 11.8 Å². The summed E-state index contributed by atoms with van der Waals surface area (Å²) in [6.07, 6.45) is 2.01. The Kier molecular flexibility index (Phi) is 6.77. The zero-order valence-corrected chi connectivity index (χ0v) is 16.1. The molecular weight excluding hydrogens is 377 g/mol. The monoisotopic (exact) mass is 401 g/mol. The molecule has 0 spiro atoms. The van der Waals surface area contributed by atoms with E-state index in [1.165, 1.54) is 19.2 Å². The average molecular weight is 401 g/mol. The van der Waals surface area contributed by atoms with Crippen molar-refractivity contribution in [3.05, 3.63) is 59.7 Å². The fraction of sp³-hybridized carbons (Fsp3) is 0.381. The number of nitrogens with zero attached hydrogens (tertiary/aromatic N) is 1. The minimum atomic E-state index is -0.856. The quantitative estimate of drug-likeness (QED) is 0.652. The van der Waals surface area contributed by atoms with Crippen LogP contribution in [0, 0.1) is 11.7 Å². The van der Waals surface area contributed by atoms with Gasteiger partial charge in [-0.25, -0.2) is 4.39 Å². The lowest BCUT2D eigenvalue weighted by atomic mass is 10.1. The molecule has 2 amide bonds. The van der Waals surface area contributed by atoms with Gasteiger partial charge in [0.15, 0.2) is 0 Å². The molecule has 7 nitrogen and oxygen atoms in total. The van der Waals surface area contributed by atoms with Crippen molar-refractivity contribution in [2.75, 3.05) is 13.7 Å². The van der Waals surface area contributed by atoms with Crippen LogP contribution < -0.4 is 15.4 Å². The number of ether oxygens (including phenoxy) is 1. The molecule has 0 unspecified atom stereocenters. The molecule has 29 heavy (non-hydrogen) atoms. The van der Waals surface area contributed by atoms with Crippen LogP contribution in [0.3, 0.4) is 0 Å². The zero-order valence-electron chi connectivity index (χ0n) is 16.1. The molecule has 2 aromatic rings. The number of hydrogen-bond acceptors (Lipinski definition) is 5. The van der Waals surface area contributed by atoms with E-state index < -0.39 is 29.8 Å². The van der Waals surface area contributed by atoms with Gasteiger partial charge in [-0.2, -0.15) is 0 Å². The molecule has 3 rings (SSSR count). The van der Waals surface area contributed by atoms with Crippen molar-refractivity contribution in [3.8, 4) is 5.75 Å². The third-order valence-electron chi connectivity index (χ3n) is 5.03. The highest BCUT2D eigenvalue weighted by Gasteiger charge is 2.38.